The summed E-state index contributed by atoms with van der Waals surface area (Å²) in [5.41, 5.74) is 3.57. The molecule has 1 spiro atoms. The highest BCUT2D eigenvalue weighted by atomic mass is 19.4. The molecule has 1 N–H and O–H groups in total. The third-order valence-corrected chi connectivity index (χ3v) is 4.85. The Hall–Kier alpha value is -1.94. The van der Waals surface area contributed by atoms with Gasteiger partial charge in [-0.1, -0.05) is 6.92 Å². The number of carbonyl (C=O) groups is 1. The lowest BCUT2D eigenvalue weighted by Gasteiger charge is -2.35. The average Bonchev–Trinajstić information content (AvgIpc) is 2.99. The molecule has 10 heteroatoms. The van der Waals surface area contributed by atoms with E-state index < -0.39 is 12.1 Å². The predicted octanol–water partition coefficient (Wildman–Crippen LogP) is 1.98. The van der Waals surface area contributed by atoms with E-state index in [0.717, 1.165) is 44.3 Å². The molecule has 7 nitrogen and oxygen atoms in total. The second-order valence-corrected chi connectivity index (χ2v) is 7.03. The number of ether oxygens (including phenoxy) is 1. The number of hydrogen-bond donors (Lipinski definition) is 1. The summed E-state index contributed by atoms with van der Waals surface area (Å²) in [5.74, 6) is -1.94. The minimum Gasteiger partial charge on any atom is -0.475 e. The molecule has 1 aromatic rings. The monoisotopic (exact) mass is 390 g/mol. The third kappa shape index (κ3) is 4.67. The molecule has 0 bridgehead atoms. The Bertz CT molecular complexity index is 697. The first-order chi connectivity index (χ1) is 12.5. The third-order valence-electron chi connectivity index (χ3n) is 4.85. The van der Waals surface area contributed by atoms with E-state index in [1.54, 1.807) is 0 Å². The Kier molecular flexibility index (Phi) is 6.31. The van der Waals surface area contributed by atoms with Crippen LogP contribution in [-0.2, 0) is 21.6 Å². The van der Waals surface area contributed by atoms with Crippen molar-refractivity contribution in [1.82, 2.24) is 14.9 Å². The average molecular weight is 390 g/mol. The maximum absolute atomic E-state index is 10.6. The number of hydrogen-bond acceptors (Lipinski definition) is 6. The van der Waals surface area contributed by atoms with Crippen LogP contribution >= 0.6 is 0 Å². The highest BCUT2D eigenvalue weighted by molar-refractivity contribution is 5.73. The quantitative estimate of drug-likeness (QED) is 0.827. The van der Waals surface area contributed by atoms with Gasteiger partial charge in [-0.2, -0.15) is 13.2 Å². The van der Waals surface area contributed by atoms with E-state index in [0.29, 0.717) is 6.61 Å². The molecule has 2 aliphatic heterocycles. The summed E-state index contributed by atoms with van der Waals surface area (Å²) in [6.07, 6.45) is -3.95. The van der Waals surface area contributed by atoms with E-state index in [1.165, 1.54) is 11.3 Å². The number of aromatic nitrogens is 2. The second-order valence-electron chi connectivity index (χ2n) is 7.03. The van der Waals surface area contributed by atoms with Crippen LogP contribution < -0.4 is 4.90 Å². The fourth-order valence-electron chi connectivity index (χ4n) is 3.35. The Morgan fingerprint density at radius 2 is 2.00 bits per heavy atom. The maximum atomic E-state index is 10.6. The van der Waals surface area contributed by atoms with E-state index in [-0.39, 0.29) is 5.41 Å². The Balaban J connectivity index is 0.000000321. The van der Waals surface area contributed by atoms with Gasteiger partial charge in [0, 0.05) is 31.9 Å². The zero-order chi connectivity index (χ0) is 20.4. The van der Waals surface area contributed by atoms with E-state index >= 15 is 0 Å². The molecule has 0 radical (unpaired) electrons. The standard InChI is InChI=1S/C15H24N4O.C2HF3O2/c1-5-19-7-6-15(9-19)10-20-8-12-11(2)16-14(18(3)4)17-13(12)15;3-2(4,5)1(6)7/h5-10H2,1-4H3;(H,6,7). The fraction of sp³-hybridized carbons (Fsp3) is 0.706. The zero-order valence-electron chi connectivity index (χ0n) is 15.9. The van der Waals surface area contributed by atoms with Gasteiger partial charge < -0.3 is 19.6 Å². The largest absolute Gasteiger partial charge is 0.490 e. The van der Waals surface area contributed by atoms with Crippen molar-refractivity contribution in [2.45, 2.75) is 38.5 Å². The lowest BCUT2D eigenvalue weighted by molar-refractivity contribution is -0.192. The van der Waals surface area contributed by atoms with Gasteiger partial charge in [0.15, 0.2) is 0 Å². The van der Waals surface area contributed by atoms with Gasteiger partial charge in [-0.3, -0.25) is 0 Å². The number of likely N-dealkylation sites (tertiary alicyclic amines) is 1. The molecule has 3 heterocycles. The molecule has 1 aromatic heterocycles. The van der Waals surface area contributed by atoms with Crippen molar-refractivity contribution in [3.05, 3.63) is 17.0 Å². The van der Waals surface area contributed by atoms with Crippen LogP contribution in [0.1, 0.15) is 30.3 Å². The first-order valence-corrected chi connectivity index (χ1v) is 8.65. The van der Waals surface area contributed by atoms with Crippen molar-refractivity contribution in [1.29, 1.82) is 0 Å². The van der Waals surface area contributed by atoms with Gasteiger partial charge in [-0.05, 0) is 26.4 Å². The Morgan fingerprint density at radius 3 is 2.48 bits per heavy atom. The van der Waals surface area contributed by atoms with E-state index in [4.69, 9.17) is 19.6 Å². The summed E-state index contributed by atoms with van der Waals surface area (Å²) in [6.45, 7) is 9.03. The number of aryl methyl sites for hydroxylation is 1. The van der Waals surface area contributed by atoms with Crippen LogP contribution in [0.15, 0.2) is 0 Å². The van der Waals surface area contributed by atoms with Gasteiger partial charge in [0.05, 0.1) is 24.3 Å². The molecule has 1 fully saturated rings. The normalized spacial score (nSPS) is 22.2. The number of carboxylic acids is 1. The van der Waals surface area contributed by atoms with Crippen LogP contribution in [0, 0.1) is 6.92 Å². The van der Waals surface area contributed by atoms with Gasteiger partial charge >= 0.3 is 12.1 Å². The number of likely N-dealkylation sites (N-methyl/N-ethyl adjacent to an activating group) is 1. The maximum Gasteiger partial charge on any atom is 0.490 e. The zero-order valence-corrected chi connectivity index (χ0v) is 15.9. The number of carboxylic acid groups (broad SMARTS) is 1. The molecule has 0 aliphatic carbocycles. The van der Waals surface area contributed by atoms with E-state index in [9.17, 15) is 13.2 Å². The van der Waals surface area contributed by atoms with Crippen molar-refractivity contribution in [2.75, 3.05) is 45.2 Å². The molecular weight excluding hydrogens is 365 g/mol. The van der Waals surface area contributed by atoms with Gasteiger partial charge in [-0.15, -0.1) is 0 Å². The summed E-state index contributed by atoms with van der Waals surface area (Å²) >= 11 is 0. The van der Waals surface area contributed by atoms with Crippen molar-refractivity contribution >= 4 is 11.9 Å². The van der Waals surface area contributed by atoms with E-state index in [2.05, 4.69) is 23.7 Å². The SMILES string of the molecule is CCN1CCC2(COCc3c(C)nc(N(C)C)nc32)C1.O=C(O)C(F)(F)F. The van der Waals surface area contributed by atoms with Crippen LogP contribution in [0.2, 0.25) is 0 Å². The number of nitrogens with zero attached hydrogens (tertiary/aromatic N) is 4. The summed E-state index contributed by atoms with van der Waals surface area (Å²) in [6, 6.07) is 0. The number of alkyl halides is 3. The smallest absolute Gasteiger partial charge is 0.475 e. The molecule has 0 saturated carbocycles. The Labute approximate surface area is 156 Å². The lowest BCUT2D eigenvalue weighted by atomic mass is 9.80. The molecule has 3 rings (SSSR count). The molecule has 1 saturated heterocycles. The molecule has 152 valence electrons. The van der Waals surface area contributed by atoms with Crippen molar-refractivity contribution in [2.24, 2.45) is 0 Å². The number of aliphatic carboxylic acids is 1. The summed E-state index contributed by atoms with van der Waals surface area (Å²) in [5, 5.41) is 7.12. The summed E-state index contributed by atoms with van der Waals surface area (Å²) in [4.78, 5) is 22.9. The number of halogens is 3. The summed E-state index contributed by atoms with van der Waals surface area (Å²) < 4.78 is 37.6. The van der Waals surface area contributed by atoms with Gasteiger partial charge in [-0.25, -0.2) is 14.8 Å². The van der Waals surface area contributed by atoms with Crippen molar-refractivity contribution < 1.29 is 27.8 Å². The minimum absolute atomic E-state index is 0.0715. The van der Waals surface area contributed by atoms with Crippen molar-refractivity contribution in [3.63, 3.8) is 0 Å². The van der Waals surface area contributed by atoms with Gasteiger partial charge in [0.25, 0.3) is 0 Å². The van der Waals surface area contributed by atoms with Crippen LogP contribution in [0.25, 0.3) is 0 Å². The highest BCUT2D eigenvalue weighted by Gasteiger charge is 2.45. The molecule has 1 unspecified atom stereocenters. The molecule has 2 aliphatic rings. The predicted molar refractivity (Wildman–Crippen MR) is 92.9 cm³/mol. The van der Waals surface area contributed by atoms with Gasteiger partial charge in [0.2, 0.25) is 5.95 Å². The van der Waals surface area contributed by atoms with Crippen LogP contribution in [0.5, 0.6) is 0 Å². The number of fused-ring (bicyclic) bond motifs is 2. The first kappa shape index (κ1) is 21.4. The topological polar surface area (TPSA) is 78.8 Å². The molecule has 27 heavy (non-hydrogen) atoms. The molecule has 0 amide bonds. The lowest BCUT2D eigenvalue weighted by Crippen LogP contribution is -2.41. The molecule has 1 atom stereocenters. The van der Waals surface area contributed by atoms with Crippen molar-refractivity contribution in [3.8, 4) is 0 Å². The first-order valence-electron chi connectivity index (χ1n) is 8.65. The number of rotatable bonds is 2. The van der Waals surface area contributed by atoms with Gasteiger partial charge in [0.1, 0.15) is 0 Å². The Morgan fingerprint density at radius 1 is 1.37 bits per heavy atom. The fourth-order valence-corrected chi connectivity index (χ4v) is 3.35. The number of anilines is 1. The van der Waals surface area contributed by atoms with Crippen LogP contribution in [0.3, 0.4) is 0 Å². The summed E-state index contributed by atoms with van der Waals surface area (Å²) in [7, 11) is 4.00. The van der Waals surface area contributed by atoms with Crippen LogP contribution in [0.4, 0.5) is 19.1 Å². The highest BCUT2D eigenvalue weighted by Crippen LogP contribution is 2.40. The molecule has 0 aromatic carbocycles. The van der Waals surface area contributed by atoms with Crippen LogP contribution in [-0.4, -0.2) is 72.5 Å². The minimum atomic E-state index is -5.08. The molecular formula is C17H25F3N4O3. The van der Waals surface area contributed by atoms with E-state index in [1.807, 2.05) is 19.0 Å². The second kappa shape index (κ2) is 7.97.